The van der Waals surface area contributed by atoms with Gasteiger partial charge >= 0.3 is 0 Å². The van der Waals surface area contributed by atoms with E-state index in [9.17, 15) is 0 Å². The molecule has 0 amide bonds. The van der Waals surface area contributed by atoms with Gasteiger partial charge in [-0.05, 0) is 39.7 Å². The number of benzene rings is 3. The van der Waals surface area contributed by atoms with Crippen molar-refractivity contribution in [2.24, 2.45) is 0 Å². The summed E-state index contributed by atoms with van der Waals surface area (Å²) in [6.07, 6.45) is 3.49. The normalized spacial score (nSPS) is 9.32. The van der Waals surface area contributed by atoms with Gasteiger partial charge in [-0.15, -0.1) is 53.6 Å². The van der Waals surface area contributed by atoms with Crippen LogP contribution in [0.2, 0.25) is 0 Å². The maximum absolute atomic E-state index is 9.13. The van der Waals surface area contributed by atoms with E-state index < -0.39 is 0 Å². The average molecular weight is 652 g/mol. The van der Waals surface area contributed by atoms with E-state index in [1.807, 2.05) is 66.9 Å². The number of pyridine rings is 2. The average Bonchev–Trinajstić information content (AvgIpc) is 2.98. The third-order valence-electron chi connectivity index (χ3n) is 5.18. The van der Waals surface area contributed by atoms with E-state index in [1.54, 1.807) is 24.4 Å². The zero-order valence-corrected chi connectivity index (χ0v) is 21.8. The van der Waals surface area contributed by atoms with Crippen LogP contribution in [-0.4, -0.2) is 9.97 Å². The summed E-state index contributed by atoms with van der Waals surface area (Å²) in [6.45, 7) is 6.98. The van der Waals surface area contributed by atoms with Crippen molar-refractivity contribution in [2.75, 3.05) is 0 Å². The second kappa shape index (κ2) is 13.2. The summed E-state index contributed by atoms with van der Waals surface area (Å²) in [5.41, 5.74) is 5.79. The van der Waals surface area contributed by atoms with Crippen LogP contribution in [0.3, 0.4) is 0 Å². The smallest absolute Gasteiger partial charge is 0.107 e. The first-order valence-corrected chi connectivity index (χ1v) is 10.9. The predicted octanol–water partition coefficient (Wildman–Crippen LogP) is 7.06. The van der Waals surface area contributed by atoms with Gasteiger partial charge in [0, 0.05) is 38.6 Å². The van der Waals surface area contributed by atoms with Crippen molar-refractivity contribution < 1.29 is 20.1 Å². The van der Waals surface area contributed by atoms with Crippen LogP contribution in [0.4, 0.5) is 5.69 Å². The third kappa shape index (κ3) is 6.60. The van der Waals surface area contributed by atoms with Crippen molar-refractivity contribution in [2.45, 2.75) is 0 Å². The number of hydrogen-bond acceptors (Lipinski definition) is 4. The molecule has 0 N–H and O–H groups in total. The fourth-order valence-electron chi connectivity index (χ4n) is 3.44. The molecule has 0 fully saturated rings. The monoisotopic (exact) mass is 652 g/mol. The quantitative estimate of drug-likeness (QED) is 0.196. The molecular weight excluding hydrogens is 635 g/mol. The van der Waals surface area contributed by atoms with Gasteiger partial charge in [-0.1, -0.05) is 54.6 Å². The van der Waals surface area contributed by atoms with Gasteiger partial charge in [0.05, 0.1) is 12.6 Å². The number of nitriles is 2. The minimum Gasteiger partial charge on any atom is -0.305 e. The summed E-state index contributed by atoms with van der Waals surface area (Å²) >= 11 is 0. The van der Waals surface area contributed by atoms with Gasteiger partial charge in [-0.2, -0.15) is 5.26 Å². The maximum atomic E-state index is 9.13. The molecule has 2 heterocycles. The van der Waals surface area contributed by atoms with Crippen molar-refractivity contribution in [3.63, 3.8) is 0 Å². The molecule has 0 saturated heterocycles. The largest absolute Gasteiger partial charge is 0.305 e. The Hall–Kier alpha value is -4.92. The van der Waals surface area contributed by atoms with Gasteiger partial charge in [-0.25, -0.2) is 5.26 Å². The van der Waals surface area contributed by atoms with Crippen LogP contribution in [0.5, 0.6) is 0 Å². The molecule has 0 aliphatic rings. The summed E-state index contributed by atoms with van der Waals surface area (Å²) in [6, 6.07) is 38.8. The molecule has 0 saturated carbocycles. The predicted molar refractivity (Wildman–Crippen MR) is 138 cm³/mol. The van der Waals surface area contributed by atoms with Crippen LogP contribution in [-0.2, 0) is 20.1 Å². The first-order valence-electron chi connectivity index (χ1n) is 10.9. The molecule has 0 spiro atoms. The molecule has 2 aromatic heterocycles. The molecule has 0 unspecified atom stereocenters. The molecule has 1 radical (unpaired) electrons. The molecule has 0 aliphatic heterocycles. The second-order valence-corrected chi connectivity index (χ2v) is 7.44. The summed E-state index contributed by atoms with van der Waals surface area (Å²) in [5, 5.41) is 18.1. The number of hydrogen-bond donors (Lipinski definition) is 0. The third-order valence-corrected chi connectivity index (χ3v) is 5.18. The van der Waals surface area contributed by atoms with Crippen molar-refractivity contribution in [3.05, 3.63) is 138 Å². The second-order valence-electron chi connectivity index (χ2n) is 7.44. The molecule has 6 heteroatoms. The Bertz CT molecular complexity index is 1520. The van der Waals surface area contributed by atoms with Crippen molar-refractivity contribution in [1.29, 1.82) is 10.5 Å². The topological polar surface area (TPSA) is 77.7 Å². The van der Waals surface area contributed by atoms with E-state index in [0.717, 1.165) is 16.8 Å². The fraction of sp³-hybridized carbons (Fsp3) is 0. The Morgan fingerprint density at radius 3 is 2.16 bits per heavy atom. The van der Waals surface area contributed by atoms with Gasteiger partial charge in [-0.3, -0.25) is 4.85 Å². The molecule has 37 heavy (non-hydrogen) atoms. The van der Waals surface area contributed by atoms with Crippen molar-refractivity contribution >= 4 is 5.69 Å². The van der Waals surface area contributed by atoms with Crippen LogP contribution in [0.25, 0.3) is 38.5 Å². The van der Waals surface area contributed by atoms with Gasteiger partial charge in [0.1, 0.15) is 5.69 Å². The Kier molecular flexibility index (Phi) is 9.55. The van der Waals surface area contributed by atoms with Crippen molar-refractivity contribution in [1.82, 2.24) is 9.97 Å². The van der Waals surface area contributed by atoms with Crippen molar-refractivity contribution in [3.8, 4) is 45.8 Å². The Labute approximate surface area is 229 Å². The van der Waals surface area contributed by atoms with Crippen LogP contribution < -0.4 is 0 Å². The molecule has 3 aromatic carbocycles. The Morgan fingerprint density at radius 2 is 1.57 bits per heavy atom. The first-order chi connectivity index (χ1) is 17.7. The van der Waals surface area contributed by atoms with Gasteiger partial charge in [0.15, 0.2) is 0 Å². The summed E-state index contributed by atoms with van der Waals surface area (Å²) < 4.78 is 0. The number of rotatable bonds is 3. The summed E-state index contributed by atoms with van der Waals surface area (Å²) in [4.78, 5) is 11.9. The summed E-state index contributed by atoms with van der Waals surface area (Å²) in [7, 11) is 0. The Balaban J connectivity index is 0.000000200. The minimum atomic E-state index is 0. The molecule has 5 rings (SSSR count). The maximum Gasteiger partial charge on any atom is 0.107 e. The molecule has 5 nitrogen and oxygen atoms in total. The van der Waals surface area contributed by atoms with Gasteiger partial charge in [0.2, 0.25) is 0 Å². The standard InChI is InChI=1S/C17H12N.C14H5N4.Ir/c1-3-7-14(8-4-1)16-11-12-17(18-13-16)15-9-5-2-6-10-15;1-17-11-6-10(8-15)13(9-16)12(7-11)14-4-2-3-5-18-14;/h1-9,11-13H;2-6H;/q2*-1;. The minimum absolute atomic E-state index is 0. The zero-order chi connectivity index (χ0) is 25.2. The number of aromatic nitrogens is 2. The number of nitrogens with zero attached hydrogens (tertiary/aromatic N) is 5. The first kappa shape index (κ1) is 26.7. The van der Waals surface area contributed by atoms with Crippen LogP contribution in [0.15, 0.2) is 103 Å². The molecule has 0 bridgehead atoms. The SMILES string of the molecule is [C-]#[N+]c1[c-]c(-c2ccccn2)c(C#N)c(C#N)c1.[Ir].[c-]1ccccc1-c1ccc(-c2ccccc2)cn1. The van der Waals surface area contributed by atoms with Gasteiger partial charge in [0.25, 0.3) is 0 Å². The van der Waals surface area contributed by atoms with E-state index in [2.05, 4.69) is 45.1 Å². The molecule has 5 aromatic rings. The Morgan fingerprint density at radius 1 is 0.784 bits per heavy atom. The molecule has 177 valence electrons. The van der Waals surface area contributed by atoms with Crippen LogP contribution >= 0.6 is 0 Å². The van der Waals surface area contributed by atoms with E-state index in [1.165, 1.54) is 11.6 Å². The fourth-order valence-corrected chi connectivity index (χ4v) is 3.44. The molecular formula is C31H17IrN5-2. The summed E-state index contributed by atoms with van der Waals surface area (Å²) in [5.74, 6) is 0. The van der Waals surface area contributed by atoms with E-state index >= 15 is 0 Å². The van der Waals surface area contributed by atoms with E-state index in [-0.39, 0.29) is 36.9 Å². The molecule has 0 aliphatic carbocycles. The van der Waals surface area contributed by atoms with Crippen LogP contribution in [0.1, 0.15) is 11.1 Å². The van der Waals surface area contributed by atoms with Crippen LogP contribution in [0, 0.1) is 41.4 Å². The zero-order valence-electron chi connectivity index (χ0n) is 19.4. The van der Waals surface area contributed by atoms with E-state index in [0.29, 0.717) is 11.3 Å². The van der Waals surface area contributed by atoms with Gasteiger partial charge < -0.3 is 9.97 Å². The molecule has 0 atom stereocenters. The van der Waals surface area contributed by atoms with E-state index in [4.69, 9.17) is 17.1 Å².